The van der Waals surface area contributed by atoms with Crippen molar-refractivity contribution in [1.29, 1.82) is 0 Å². The third-order valence-corrected chi connectivity index (χ3v) is 1.39. The minimum absolute atomic E-state index is 0.0777. The molecule has 0 amide bonds. The van der Waals surface area contributed by atoms with Gasteiger partial charge in [-0.2, -0.15) is 0 Å². The first-order valence-electron chi connectivity index (χ1n) is 3.74. The molecule has 3 nitrogen and oxygen atoms in total. The lowest BCUT2D eigenvalue weighted by Gasteiger charge is -1.93. The maximum absolute atomic E-state index is 10.7. The van der Waals surface area contributed by atoms with Crippen LogP contribution in [0.2, 0.25) is 0 Å². The van der Waals surface area contributed by atoms with Gasteiger partial charge in [-0.3, -0.25) is 14.4 Å². The largest absolute Gasteiger partial charge is 0.294 e. The van der Waals surface area contributed by atoms with E-state index in [0.29, 0.717) is 6.42 Å². The van der Waals surface area contributed by atoms with E-state index in [4.69, 9.17) is 0 Å². The molecule has 0 radical (unpaired) electrons. The number of ketones is 2. The summed E-state index contributed by atoms with van der Waals surface area (Å²) in [5.74, 6) is -1.46. The Balaban J connectivity index is 3.52. The Kier molecular flexibility index (Phi) is 5.25. The first-order chi connectivity index (χ1) is 5.22. The highest BCUT2D eigenvalue weighted by atomic mass is 16.2. The van der Waals surface area contributed by atoms with Gasteiger partial charge in [0.15, 0.2) is 6.29 Å². The summed E-state index contributed by atoms with van der Waals surface area (Å²) >= 11 is 0. The van der Waals surface area contributed by atoms with Crippen LogP contribution in [0.1, 0.15) is 32.6 Å². The van der Waals surface area contributed by atoms with Crippen molar-refractivity contribution in [2.75, 3.05) is 0 Å². The molecule has 0 saturated heterocycles. The van der Waals surface area contributed by atoms with Crippen LogP contribution in [-0.2, 0) is 14.4 Å². The van der Waals surface area contributed by atoms with Crippen LogP contribution < -0.4 is 0 Å². The number of unbranched alkanes of at least 4 members (excludes halogenated alkanes) is 2. The van der Waals surface area contributed by atoms with Crippen molar-refractivity contribution in [2.45, 2.75) is 32.6 Å². The first kappa shape index (κ1) is 10.0. The van der Waals surface area contributed by atoms with E-state index in [1.165, 1.54) is 0 Å². The van der Waals surface area contributed by atoms with Crippen LogP contribution in [0, 0.1) is 0 Å². The van der Waals surface area contributed by atoms with E-state index >= 15 is 0 Å². The van der Waals surface area contributed by atoms with Crippen LogP contribution in [-0.4, -0.2) is 17.9 Å². The molecule has 11 heavy (non-hydrogen) atoms. The lowest BCUT2D eigenvalue weighted by atomic mass is 10.1. The number of Topliss-reactive ketones (excluding diaryl/α,β-unsaturated/α-hetero) is 2. The van der Waals surface area contributed by atoms with Gasteiger partial charge in [0.25, 0.3) is 5.78 Å². The van der Waals surface area contributed by atoms with Crippen molar-refractivity contribution < 1.29 is 14.4 Å². The van der Waals surface area contributed by atoms with E-state index in [1.807, 2.05) is 6.92 Å². The van der Waals surface area contributed by atoms with Gasteiger partial charge in [-0.1, -0.05) is 19.8 Å². The summed E-state index contributed by atoms with van der Waals surface area (Å²) < 4.78 is 0. The highest BCUT2D eigenvalue weighted by molar-refractivity contribution is 6.57. The predicted molar refractivity (Wildman–Crippen MR) is 40.2 cm³/mol. The fraction of sp³-hybridized carbons (Fsp3) is 0.625. The topological polar surface area (TPSA) is 51.2 Å². The molecule has 0 spiro atoms. The zero-order chi connectivity index (χ0) is 8.69. The maximum Gasteiger partial charge on any atom is 0.260 e. The Labute approximate surface area is 65.8 Å². The summed E-state index contributed by atoms with van der Waals surface area (Å²) in [5, 5.41) is 0. The van der Waals surface area contributed by atoms with Crippen molar-refractivity contribution in [3.63, 3.8) is 0 Å². The average Bonchev–Trinajstić information content (AvgIpc) is 2.03. The molecule has 0 atom stereocenters. The zero-order valence-electron chi connectivity index (χ0n) is 6.63. The number of rotatable bonds is 6. The summed E-state index contributed by atoms with van der Waals surface area (Å²) in [7, 11) is 0. The van der Waals surface area contributed by atoms with Gasteiger partial charge in [0.2, 0.25) is 5.78 Å². The van der Waals surface area contributed by atoms with Gasteiger partial charge in [-0.25, -0.2) is 0 Å². The molecule has 0 rings (SSSR count). The fourth-order valence-corrected chi connectivity index (χ4v) is 0.724. The summed E-state index contributed by atoms with van der Waals surface area (Å²) in [4.78, 5) is 30.9. The summed E-state index contributed by atoms with van der Waals surface area (Å²) in [6, 6.07) is 0. The Morgan fingerprint density at radius 1 is 1.27 bits per heavy atom. The van der Waals surface area contributed by atoms with Gasteiger partial charge in [0, 0.05) is 6.42 Å². The maximum atomic E-state index is 10.7. The molecule has 0 aliphatic heterocycles. The average molecular weight is 156 g/mol. The molecule has 0 aliphatic carbocycles. The second kappa shape index (κ2) is 5.77. The van der Waals surface area contributed by atoms with Crippen molar-refractivity contribution >= 4 is 17.9 Å². The smallest absolute Gasteiger partial charge is 0.260 e. The Morgan fingerprint density at radius 2 is 1.91 bits per heavy atom. The van der Waals surface area contributed by atoms with Crippen molar-refractivity contribution in [1.82, 2.24) is 0 Å². The fourth-order valence-electron chi connectivity index (χ4n) is 0.724. The van der Waals surface area contributed by atoms with E-state index in [0.717, 1.165) is 12.8 Å². The molecule has 0 N–H and O–H groups in total. The second-order valence-corrected chi connectivity index (χ2v) is 2.36. The van der Waals surface area contributed by atoms with Crippen LogP contribution in [0.15, 0.2) is 0 Å². The SMILES string of the molecule is CCCCCC(=O)C(=O)C=O. The van der Waals surface area contributed by atoms with Gasteiger partial charge in [-0.05, 0) is 6.42 Å². The van der Waals surface area contributed by atoms with Gasteiger partial charge in [0.05, 0.1) is 0 Å². The normalized spacial score (nSPS) is 9.18. The summed E-state index contributed by atoms with van der Waals surface area (Å²) in [6.45, 7) is 2.01. The van der Waals surface area contributed by atoms with Crippen LogP contribution in [0.25, 0.3) is 0 Å². The quantitative estimate of drug-likeness (QED) is 0.248. The third-order valence-electron chi connectivity index (χ3n) is 1.39. The molecule has 0 saturated carbocycles. The minimum atomic E-state index is -0.902. The predicted octanol–water partition coefficient (Wildman–Crippen LogP) is 0.904. The van der Waals surface area contributed by atoms with Crippen LogP contribution >= 0.6 is 0 Å². The lowest BCUT2D eigenvalue weighted by Crippen LogP contribution is -2.14. The molecule has 0 fully saturated rings. The van der Waals surface area contributed by atoms with Gasteiger partial charge in [-0.15, -0.1) is 0 Å². The van der Waals surface area contributed by atoms with E-state index in [1.54, 1.807) is 0 Å². The van der Waals surface area contributed by atoms with E-state index in [2.05, 4.69) is 0 Å². The summed E-state index contributed by atoms with van der Waals surface area (Å²) in [6.07, 6.45) is 2.93. The molecule has 0 aromatic heterocycles. The van der Waals surface area contributed by atoms with Gasteiger partial charge >= 0.3 is 0 Å². The Bertz CT molecular complexity index is 161. The number of hydrogen-bond acceptors (Lipinski definition) is 3. The molecule has 0 aromatic rings. The molecule has 62 valence electrons. The summed E-state index contributed by atoms with van der Waals surface area (Å²) in [5.41, 5.74) is 0. The lowest BCUT2D eigenvalue weighted by molar-refractivity contribution is -0.140. The van der Waals surface area contributed by atoms with Crippen LogP contribution in [0.4, 0.5) is 0 Å². The van der Waals surface area contributed by atoms with E-state index < -0.39 is 11.6 Å². The zero-order valence-corrected chi connectivity index (χ0v) is 6.63. The highest BCUT2D eigenvalue weighted by Gasteiger charge is 2.10. The van der Waals surface area contributed by atoms with Crippen molar-refractivity contribution in [3.05, 3.63) is 0 Å². The standard InChI is InChI=1S/C8H12O3/c1-2-3-4-5-7(10)8(11)6-9/h6H,2-5H2,1H3. The van der Waals surface area contributed by atoms with Crippen molar-refractivity contribution in [2.24, 2.45) is 0 Å². The molecule has 0 unspecified atom stereocenters. The molecule has 0 heterocycles. The molecular formula is C8H12O3. The van der Waals surface area contributed by atoms with Crippen LogP contribution in [0.3, 0.4) is 0 Å². The number of carbonyl (C=O) groups is 3. The minimum Gasteiger partial charge on any atom is -0.294 e. The molecule has 0 aliphatic rings. The Hall–Kier alpha value is -0.990. The molecule has 3 heteroatoms. The second-order valence-electron chi connectivity index (χ2n) is 2.36. The Morgan fingerprint density at radius 3 is 2.36 bits per heavy atom. The monoisotopic (exact) mass is 156 g/mol. The molecule has 0 aromatic carbocycles. The van der Waals surface area contributed by atoms with Crippen LogP contribution in [0.5, 0.6) is 0 Å². The first-order valence-corrected chi connectivity index (χ1v) is 3.74. The number of aldehydes is 1. The van der Waals surface area contributed by atoms with Gasteiger partial charge in [0.1, 0.15) is 0 Å². The van der Waals surface area contributed by atoms with E-state index in [-0.39, 0.29) is 12.7 Å². The third kappa shape index (κ3) is 4.42. The van der Waals surface area contributed by atoms with Gasteiger partial charge < -0.3 is 0 Å². The molecular weight excluding hydrogens is 144 g/mol. The van der Waals surface area contributed by atoms with E-state index in [9.17, 15) is 14.4 Å². The van der Waals surface area contributed by atoms with Crippen molar-refractivity contribution in [3.8, 4) is 0 Å². The molecule has 0 bridgehead atoms. The number of hydrogen-bond donors (Lipinski definition) is 0. The highest BCUT2D eigenvalue weighted by Crippen LogP contribution is 1.99. The number of carbonyl (C=O) groups excluding carboxylic acids is 3.